The summed E-state index contributed by atoms with van der Waals surface area (Å²) in [6.45, 7) is 0. The van der Waals surface area contributed by atoms with Gasteiger partial charge in [0.1, 0.15) is 16.9 Å². The highest BCUT2D eigenvalue weighted by atomic mass is 16.5. The summed E-state index contributed by atoms with van der Waals surface area (Å²) in [4.78, 5) is 12.6. The zero-order chi connectivity index (χ0) is 16.4. The van der Waals surface area contributed by atoms with E-state index in [0.717, 1.165) is 10.9 Å². The molecule has 1 aromatic heterocycles. The molecule has 0 amide bonds. The SMILES string of the molecule is O=c1oc2ccccc2c(Oc2ccccc2)c1-c1ccccc1. The summed E-state index contributed by atoms with van der Waals surface area (Å²) >= 11 is 0. The quantitative estimate of drug-likeness (QED) is 0.485. The number of para-hydroxylation sites is 2. The van der Waals surface area contributed by atoms with Crippen molar-refractivity contribution in [2.45, 2.75) is 0 Å². The lowest BCUT2D eigenvalue weighted by atomic mass is 10.0. The number of fused-ring (bicyclic) bond motifs is 1. The van der Waals surface area contributed by atoms with Crippen molar-refractivity contribution < 1.29 is 9.15 Å². The van der Waals surface area contributed by atoms with Crippen LogP contribution in [0.25, 0.3) is 22.1 Å². The van der Waals surface area contributed by atoms with Gasteiger partial charge >= 0.3 is 5.63 Å². The Bertz CT molecular complexity index is 1030. The van der Waals surface area contributed by atoms with Gasteiger partial charge in [0.05, 0.1) is 5.39 Å². The van der Waals surface area contributed by atoms with Gasteiger partial charge in [-0.2, -0.15) is 0 Å². The van der Waals surface area contributed by atoms with Gasteiger partial charge in [-0.05, 0) is 29.8 Å². The van der Waals surface area contributed by atoms with Crippen LogP contribution in [0, 0.1) is 0 Å². The highest BCUT2D eigenvalue weighted by Gasteiger charge is 2.18. The molecular formula is C21H14O3. The van der Waals surface area contributed by atoms with Gasteiger partial charge in [0.15, 0.2) is 5.75 Å². The van der Waals surface area contributed by atoms with E-state index < -0.39 is 5.63 Å². The summed E-state index contributed by atoms with van der Waals surface area (Å²) in [5.74, 6) is 1.18. The van der Waals surface area contributed by atoms with E-state index >= 15 is 0 Å². The average molecular weight is 314 g/mol. The van der Waals surface area contributed by atoms with E-state index in [1.165, 1.54) is 0 Å². The first-order valence-electron chi connectivity index (χ1n) is 7.67. The van der Waals surface area contributed by atoms with Crippen molar-refractivity contribution in [3.8, 4) is 22.6 Å². The minimum atomic E-state index is -0.411. The molecule has 0 N–H and O–H groups in total. The van der Waals surface area contributed by atoms with Gasteiger partial charge < -0.3 is 9.15 Å². The number of ether oxygens (including phenoxy) is 1. The number of benzene rings is 3. The van der Waals surface area contributed by atoms with E-state index in [1.807, 2.05) is 78.9 Å². The van der Waals surface area contributed by atoms with Crippen LogP contribution in [0.4, 0.5) is 0 Å². The van der Waals surface area contributed by atoms with Gasteiger partial charge in [-0.25, -0.2) is 4.79 Å². The van der Waals surface area contributed by atoms with Crippen LogP contribution in [0.15, 0.2) is 94.1 Å². The van der Waals surface area contributed by atoms with Crippen molar-refractivity contribution in [2.75, 3.05) is 0 Å². The van der Waals surface area contributed by atoms with Crippen molar-refractivity contribution in [2.24, 2.45) is 0 Å². The lowest BCUT2D eigenvalue weighted by Gasteiger charge is -2.13. The monoisotopic (exact) mass is 314 g/mol. The Morgan fingerprint density at radius 2 is 1.33 bits per heavy atom. The molecule has 4 aromatic rings. The summed E-state index contributed by atoms with van der Waals surface area (Å²) in [5.41, 5.74) is 1.29. The molecule has 3 aromatic carbocycles. The van der Waals surface area contributed by atoms with Crippen molar-refractivity contribution in [3.63, 3.8) is 0 Å². The van der Waals surface area contributed by atoms with Crippen LogP contribution in [-0.4, -0.2) is 0 Å². The molecule has 0 radical (unpaired) electrons. The first-order valence-corrected chi connectivity index (χ1v) is 7.67. The predicted octanol–water partition coefficient (Wildman–Crippen LogP) is 5.25. The van der Waals surface area contributed by atoms with Gasteiger partial charge in [0.25, 0.3) is 0 Å². The molecular weight excluding hydrogens is 300 g/mol. The maximum absolute atomic E-state index is 12.6. The smallest absolute Gasteiger partial charge is 0.348 e. The standard InChI is InChI=1S/C21H14O3/c22-21-19(15-9-3-1-4-10-15)20(23-16-11-5-2-6-12-16)17-13-7-8-14-18(17)24-21/h1-14H. The third-order valence-corrected chi connectivity index (χ3v) is 3.79. The normalized spacial score (nSPS) is 10.7. The fourth-order valence-corrected chi connectivity index (χ4v) is 2.69. The van der Waals surface area contributed by atoms with Gasteiger partial charge in [-0.1, -0.05) is 60.7 Å². The minimum absolute atomic E-state index is 0.411. The number of hydrogen-bond donors (Lipinski definition) is 0. The molecule has 0 fully saturated rings. The highest BCUT2D eigenvalue weighted by Crippen LogP contribution is 2.36. The maximum atomic E-state index is 12.6. The summed E-state index contributed by atoms with van der Waals surface area (Å²) < 4.78 is 11.6. The Morgan fingerprint density at radius 1 is 0.708 bits per heavy atom. The Labute approximate surface area is 138 Å². The van der Waals surface area contributed by atoms with E-state index in [1.54, 1.807) is 6.07 Å². The third-order valence-electron chi connectivity index (χ3n) is 3.79. The Morgan fingerprint density at radius 3 is 2.08 bits per heavy atom. The number of rotatable bonds is 3. The first-order chi connectivity index (χ1) is 11.8. The second-order valence-electron chi connectivity index (χ2n) is 5.37. The average Bonchev–Trinajstić information content (AvgIpc) is 2.63. The molecule has 0 saturated heterocycles. The lowest BCUT2D eigenvalue weighted by Crippen LogP contribution is -2.06. The van der Waals surface area contributed by atoms with E-state index in [-0.39, 0.29) is 0 Å². The Kier molecular flexibility index (Phi) is 3.60. The molecule has 116 valence electrons. The van der Waals surface area contributed by atoms with E-state index in [0.29, 0.717) is 22.6 Å². The largest absolute Gasteiger partial charge is 0.456 e. The molecule has 0 bridgehead atoms. The summed E-state index contributed by atoms with van der Waals surface area (Å²) in [5, 5.41) is 0.764. The lowest BCUT2D eigenvalue weighted by molar-refractivity contribution is 0.478. The molecule has 3 heteroatoms. The summed E-state index contributed by atoms with van der Waals surface area (Å²) in [6.07, 6.45) is 0. The molecule has 1 heterocycles. The first kappa shape index (κ1) is 14.3. The minimum Gasteiger partial charge on any atom is -0.456 e. The molecule has 24 heavy (non-hydrogen) atoms. The van der Waals surface area contributed by atoms with Crippen LogP contribution >= 0.6 is 0 Å². The fraction of sp³-hybridized carbons (Fsp3) is 0. The summed E-state index contributed by atoms with van der Waals surface area (Å²) in [7, 11) is 0. The van der Waals surface area contributed by atoms with Crippen LogP contribution in [-0.2, 0) is 0 Å². The van der Waals surface area contributed by atoms with Gasteiger partial charge in [-0.3, -0.25) is 0 Å². The second-order valence-corrected chi connectivity index (χ2v) is 5.37. The van der Waals surface area contributed by atoms with Gasteiger partial charge in [-0.15, -0.1) is 0 Å². The molecule has 3 nitrogen and oxygen atoms in total. The van der Waals surface area contributed by atoms with Crippen molar-refractivity contribution >= 4 is 11.0 Å². The van der Waals surface area contributed by atoms with E-state index in [2.05, 4.69) is 0 Å². The van der Waals surface area contributed by atoms with Crippen molar-refractivity contribution in [1.29, 1.82) is 0 Å². The van der Waals surface area contributed by atoms with Crippen LogP contribution in [0.5, 0.6) is 11.5 Å². The van der Waals surface area contributed by atoms with Crippen LogP contribution < -0.4 is 10.4 Å². The molecule has 0 spiro atoms. The molecule has 0 aliphatic carbocycles. The zero-order valence-electron chi connectivity index (χ0n) is 12.8. The van der Waals surface area contributed by atoms with Crippen LogP contribution in [0.2, 0.25) is 0 Å². The Hall–Kier alpha value is -3.33. The predicted molar refractivity (Wildman–Crippen MR) is 94.4 cm³/mol. The maximum Gasteiger partial charge on any atom is 0.348 e. The fourth-order valence-electron chi connectivity index (χ4n) is 2.69. The van der Waals surface area contributed by atoms with E-state index in [9.17, 15) is 4.79 Å². The number of hydrogen-bond acceptors (Lipinski definition) is 3. The zero-order valence-corrected chi connectivity index (χ0v) is 12.8. The van der Waals surface area contributed by atoms with E-state index in [4.69, 9.17) is 9.15 Å². The molecule has 0 atom stereocenters. The van der Waals surface area contributed by atoms with Crippen molar-refractivity contribution in [3.05, 3.63) is 95.3 Å². The van der Waals surface area contributed by atoms with Gasteiger partial charge in [0, 0.05) is 0 Å². The highest BCUT2D eigenvalue weighted by molar-refractivity contribution is 5.90. The molecule has 0 aliphatic heterocycles. The topological polar surface area (TPSA) is 39.4 Å². The molecule has 0 saturated carbocycles. The second kappa shape index (κ2) is 6.05. The molecule has 0 unspecified atom stereocenters. The molecule has 0 aliphatic rings. The molecule has 4 rings (SSSR count). The summed E-state index contributed by atoms with van der Waals surface area (Å²) in [6, 6.07) is 26.2. The Balaban J connectivity index is 2.02. The van der Waals surface area contributed by atoms with Crippen molar-refractivity contribution in [1.82, 2.24) is 0 Å². The van der Waals surface area contributed by atoms with Gasteiger partial charge in [0.2, 0.25) is 0 Å². The van der Waals surface area contributed by atoms with Crippen LogP contribution in [0.1, 0.15) is 0 Å². The third kappa shape index (κ3) is 2.57. The van der Waals surface area contributed by atoms with Crippen LogP contribution in [0.3, 0.4) is 0 Å².